The normalized spacial score (nSPS) is 25.6. The van der Waals surface area contributed by atoms with E-state index in [1.165, 1.54) is 11.1 Å². The molecule has 3 atom stereocenters. The zero-order valence-electron chi connectivity index (χ0n) is 17.1. The summed E-state index contributed by atoms with van der Waals surface area (Å²) >= 11 is 0. The Morgan fingerprint density at radius 2 is 1.89 bits per heavy atom. The molecule has 1 aromatic rings. The number of fused-ring (bicyclic) bond motifs is 3. The van der Waals surface area contributed by atoms with Crippen LogP contribution in [0.3, 0.4) is 0 Å². The molecule has 152 valence electrons. The fourth-order valence-corrected chi connectivity index (χ4v) is 4.66. The Balaban J connectivity index is 1.72. The van der Waals surface area contributed by atoms with E-state index in [4.69, 9.17) is 9.47 Å². The molecule has 3 rings (SSSR count). The van der Waals surface area contributed by atoms with Crippen molar-refractivity contribution in [3.8, 4) is 11.5 Å². The van der Waals surface area contributed by atoms with Crippen molar-refractivity contribution < 1.29 is 19.0 Å². The van der Waals surface area contributed by atoms with Gasteiger partial charge < -0.3 is 14.6 Å². The minimum atomic E-state index is -0.313. The first kappa shape index (κ1) is 20.4. The van der Waals surface area contributed by atoms with Gasteiger partial charge in [-0.2, -0.15) is 0 Å². The van der Waals surface area contributed by atoms with Gasteiger partial charge in [-0.3, -0.25) is 9.29 Å². The molecular weight excluding hydrogens is 344 g/mol. The van der Waals surface area contributed by atoms with Gasteiger partial charge in [0.2, 0.25) is 0 Å². The predicted octanol–water partition coefficient (Wildman–Crippen LogP) is 4.15. The predicted molar refractivity (Wildman–Crippen MR) is 105 cm³/mol. The van der Waals surface area contributed by atoms with E-state index >= 15 is 0 Å². The molecule has 0 bridgehead atoms. The molecule has 0 radical (unpaired) electrons. The van der Waals surface area contributed by atoms with E-state index in [0.717, 1.165) is 50.3 Å². The average molecular weight is 379 g/mol. The first-order valence-electron chi connectivity index (χ1n) is 10.1. The van der Waals surface area contributed by atoms with Gasteiger partial charge in [-0.25, -0.2) is 0 Å². The molecule has 2 aliphatic rings. The Morgan fingerprint density at radius 3 is 2.56 bits per heavy atom. The second kappa shape index (κ2) is 8.36. The van der Waals surface area contributed by atoms with Gasteiger partial charge in [0.05, 0.1) is 27.0 Å². The summed E-state index contributed by atoms with van der Waals surface area (Å²) in [5.74, 6) is 1.79. The molecule has 2 aliphatic heterocycles. The summed E-state index contributed by atoms with van der Waals surface area (Å²) in [4.78, 5) is 2.51. The highest BCUT2D eigenvalue weighted by atomic mass is 18.2. The lowest BCUT2D eigenvalue weighted by Gasteiger charge is -2.46. The molecular formula is C22H34FNO3. The van der Waals surface area contributed by atoms with Crippen LogP contribution in [0.1, 0.15) is 56.7 Å². The zero-order valence-corrected chi connectivity index (χ0v) is 17.1. The van der Waals surface area contributed by atoms with Crippen LogP contribution in [0.2, 0.25) is 0 Å². The maximum atomic E-state index is 12.7. The minimum absolute atomic E-state index is 0.00371. The first-order chi connectivity index (χ1) is 12.9. The summed E-state index contributed by atoms with van der Waals surface area (Å²) in [6.07, 6.45) is 3.93. The fourth-order valence-electron chi connectivity index (χ4n) is 4.66. The minimum Gasteiger partial charge on any atom is -0.493 e. The number of aliphatic hydroxyl groups is 1. The molecule has 1 N–H and O–H groups in total. The second-order valence-electron chi connectivity index (χ2n) is 8.87. The maximum Gasteiger partial charge on any atom is 0.161 e. The lowest BCUT2D eigenvalue weighted by Crippen LogP contribution is -2.48. The van der Waals surface area contributed by atoms with Crippen LogP contribution >= 0.6 is 0 Å². The van der Waals surface area contributed by atoms with Crippen molar-refractivity contribution in [2.75, 3.05) is 34.0 Å². The quantitative estimate of drug-likeness (QED) is 0.774. The number of methoxy groups -OCH3 is 2. The van der Waals surface area contributed by atoms with Gasteiger partial charge in [0.15, 0.2) is 11.5 Å². The second-order valence-corrected chi connectivity index (χ2v) is 8.87. The van der Waals surface area contributed by atoms with E-state index < -0.39 is 0 Å². The van der Waals surface area contributed by atoms with Crippen LogP contribution in [-0.2, 0) is 6.42 Å². The van der Waals surface area contributed by atoms with Gasteiger partial charge in [-0.15, -0.1) is 0 Å². The van der Waals surface area contributed by atoms with E-state index in [2.05, 4.69) is 30.9 Å². The van der Waals surface area contributed by atoms with E-state index in [0.29, 0.717) is 6.42 Å². The SMILES string of the molecule is COc1cc2c(cc1OC)[C@H]1C[C@@H](O)[C@H](CCC(C)(C)CC[18F])CN1CC2. The number of ether oxygens (including phenoxy) is 2. The molecule has 0 spiro atoms. The van der Waals surface area contributed by atoms with Crippen molar-refractivity contribution in [3.63, 3.8) is 0 Å². The van der Waals surface area contributed by atoms with E-state index in [1.807, 2.05) is 0 Å². The van der Waals surface area contributed by atoms with Crippen LogP contribution in [0, 0.1) is 11.3 Å². The number of rotatable bonds is 7. The molecule has 5 heteroatoms. The van der Waals surface area contributed by atoms with Crippen molar-refractivity contribution in [1.29, 1.82) is 0 Å². The topological polar surface area (TPSA) is 41.9 Å². The number of halogens is 1. The summed E-state index contributed by atoms with van der Waals surface area (Å²) < 4.78 is 23.7. The van der Waals surface area contributed by atoms with E-state index in [1.54, 1.807) is 14.2 Å². The van der Waals surface area contributed by atoms with Gasteiger partial charge in [0, 0.05) is 19.1 Å². The molecule has 0 saturated carbocycles. The Labute approximate surface area is 162 Å². The van der Waals surface area contributed by atoms with Crippen LogP contribution in [0.15, 0.2) is 12.1 Å². The van der Waals surface area contributed by atoms with Crippen LogP contribution < -0.4 is 9.47 Å². The summed E-state index contributed by atoms with van der Waals surface area (Å²) in [5.41, 5.74) is 2.56. The monoisotopic (exact) mass is 378 g/mol. The summed E-state index contributed by atoms with van der Waals surface area (Å²) in [6, 6.07) is 4.41. The zero-order chi connectivity index (χ0) is 19.6. The number of aliphatic hydroxyl groups excluding tert-OH is 1. The first-order valence-corrected chi connectivity index (χ1v) is 10.1. The fraction of sp³-hybridized carbons (Fsp3) is 0.727. The van der Waals surface area contributed by atoms with Crippen molar-refractivity contribution in [2.45, 2.75) is 58.1 Å². The number of benzene rings is 1. The third kappa shape index (κ3) is 4.40. The van der Waals surface area contributed by atoms with Gasteiger partial charge in [-0.1, -0.05) is 13.8 Å². The Kier molecular flexibility index (Phi) is 6.32. The van der Waals surface area contributed by atoms with Crippen LogP contribution in [-0.4, -0.2) is 50.1 Å². The molecule has 1 aromatic carbocycles. The molecule has 1 saturated heterocycles. The highest BCUT2D eigenvalue weighted by Crippen LogP contribution is 2.44. The molecule has 0 aromatic heterocycles. The summed E-state index contributed by atoms with van der Waals surface area (Å²) in [5, 5.41) is 10.8. The standard InChI is InChI=1S/C22H34FNO3/c1-22(2,8-9-23)7-5-16-14-24-10-6-15-11-20(26-3)21(27-4)12-17(15)18(24)13-19(16)25/h11-12,16,18-19,25H,5-10,13-14H2,1-4H3/t16-,18-,19-/m1/s1/i23-1. The third-order valence-corrected chi connectivity index (χ3v) is 6.55. The van der Waals surface area contributed by atoms with Gasteiger partial charge in [0.1, 0.15) is 0 Å². The van der Waals surface area contributed by atoms with Crippen LogP contribution in [0.5, 0.6) is 11.5 Å². The summed E-state index contributed by atoms with van der Waals surface area (Å²) in [7, 11) is 3.33. The Hall–Kier alpha value is -1.33. The van der Waals surface area contributed by atoms with Crippen LogP contribution in [0.25, 0.3) is 0 Å². The van der Waals surface area contributed by atoms with Crippen LogP contribution in [0.4, 0.5) is 4.39 Å². The van der Waals surface area contributed by atoms with Gasteiger partial charge in [0.25, 0.3) is 0 Å². The number of hydrogen-bond donors (Lipinski definition) is 1. The molecule has 0 aliphatic carbocycles. The third-order valence-electron chi connectivity index (χ3n) is 6.55. The number of alkyl halides is 1. The molecule has 2 heterocycles. The van der Waals surface area contributed by atoms with Gasteiger partial charge in [-0.05, 0) is 66.7 Å². The number of nitrogens with zero attached hydrogens (tertiary/aromatic N) is 1. The van der Waals surface area contributed by atoms with E-state index in [-0.39, 0.29) is 30.2 Å². The molecule has 27 heavy (non-hydrogen) atoms. The van der Waals surface area contributed by atoms with Crippen molar-refractivity contribution in [3.05, 3.63) is 23.3 Å². The smallest absolute Gasteiger partial charge is 0.161 e. The van der Waals surface area contributed by atoms with Crippen molar-refractivity contribution >= 4 is 0 Å². The largest absolute Gasteiger partial charge is 0.493 e. The highest BCUT2D eigenvalue weighted by molar-refractivity contribution is 5.49. The molecule has 1 fully saturated rings. The lowest BCUT2D eigenvalue weighted by molar-refractivity contribution is -0.0191. The van der Waals surface area contributed by atoms with Crippen molar-refractivity contribution in [2.24, 2.45) is 11.3 Å². The van der Waals surface area contributed by atoms with E-state index in [9.17, 15) is 9.50 Å². The lowest BCUT2D eigenvalue weighted by atomic mass is 9.76. The number of piperidine rings is 1. The molecule has 0 amide bonds. The van der Waals surface area contributed by atoms with Gasteiger partial charge >= 0.3 is 0 Å². The molecule has 0 unspecified atom stereocenters. The highest BCUT2D eigenvalue weighted by Gasteiger charge is 2.39. The Morgan fingerprint density at radius 1 is 1.19 bits per heavy atom. The maximum absolute atomic E-state index is 12.7. The number of hydrogen-bond acceptors (Lipinski definition) is 4. The Bertz CT molecular complexity index is 649. The molecule has 4 nitrogen and oxygen atoms in total. The average Bonchev–Trinajstić information content (AvgIpc) is 2.65. The van der Waals surface area contributed by atoms with Crippen molar-refractivity contribution in [1.82, 2.24) is 4.90 Å². The summed E-state index contributed by atoms with van der Waals surface area (Å²) in [6.45, 7) is 5.90.